The highest BCUT2D eigenvalue weighted by molar-refractivity contribution is 6.19. The highest BCUT2D eigenvalue weighted by atomic mass is 16.2. The minimum absolute atomic E-state index is 0.0286. The number of rotatable bonds is 7. The van der Waals surface area contributed by atoms with Gasteiger partial charge in [-0.3, -0.25) is 19.5 Å². The van der Waals surface area contributed by atoms with Gasteiger partial charge in [-0.2, -0.15) is 0 Å². The number of aryl methyl sites for hydroxylation is 1. The number of hydrogen-bond donors (Lipinski definition) is 1. The van der Waals surface area contributed by atoms with Crippen LogP contribution in [-0.2, 0) is 14.4 Å². The monoisotopic (exact) mass is 431 g/mol. The molecule has 0 aromatic carbocycles. The first kappa shape index (κ1) is 20.4. The summed E-state index contributed by atoms with van der Waals surface area (Å²) in [7, 11) is 0. The lowest BCUT2D eigenvalue weighted by molar-refractivity contribution is -0.138. The standard InChI is InChI=1S/C24H25N5O3/c1-15-8-9-25-20(11-15)16-4-7-21(26-12-16)27-13-18(14-30)28-10-2-3-19-22(28)24(32)29(23(19)31)17-5-6-17/h4,7-9,11-12,14,17-18H,2-3,5-6,10,13H2,1H3,(H,26,27). The van der Waals surface area contributed by atoms with Crippen LogP contribution in [0.3, 0.4) is 0 Å². The van der Waals surface area contributed by atoms with Gasteiger partial charge in [0, 0.05) is 42.7 Å². The second-order valence-electron chi connectivity index (χ2n) is 8.57. The lowest BCUT2D eigenvalue weighted by Crippen LogP contribution is -2.45. The Bertz CT molecular complexity index is 1110. The fourth-order valence-electron chi connectivity index (χ4n) is 4.42. The van der Waals surface area contributed by atoms with Crippen molar-refractivity contribution < 1.29 is 14.4 Å². The van der Waals surface area contributed by atoms with Gasteiger partial charge in [0.15, 0.2) is 0 Å². The molecular formula is C24H25N5O3. The van der Waals surface area contributed by atoms with E-state index in [1.165, 1.54) is 4.90 Å². The Morgan fingerprint density at radius 1 is 1.19 bits per heavy atom. The molecule has 1 fully saturated rings. The van der Waals surface area contributed by atoms with Crippen LogP contribution in [0.25, 0.3) is 11.3 Å². The van der Waals surface area contributed by atoms with E-state index in [0.717, 1.165) is 42.4 Å². The average Bonchev–Trinajstić information content (AvgIpc) is 3.61. The van der Waals surface area contributed by atoms with Crippen molar-refractivity contribution in [1.82, 2.24) is 19.8 Å². The Morgan fingerprint density at radius 3 is 2.72 bits per heavy atom. The number of amides is 2. The molecule has 1 atom stereocenters. The Labute approximate surface area is 186 Å². The second-order valence-corrected chi connectivity index (χ2v) is 8.57. The number of anilines is 1. The Hall–Kier alpha value is -3.55. The summed E-state index contributed by atoms with van der Waals surface area (Å²) in [6, 6.07) is 7.19. The molecule has 2 aromatic rings. The predicted molar refractivity (Wildman–Crippen MR) is 118 cm³/mol. The van der Waals surface area contributed by atoms with Crippen LogP contribution in [0.15, 0.2) is 47.9 Å². The van der Waals surface area contributed by atoms with Gasteiger partial charge in [0.05, 0.1) is 5.69 Å². The summed E-state index contributed by atoms with van der Waals surface area (Å²) < 4.78 is 0. The van der Waals surface area contributed by atoms with Crippen molar-refractivity contribution >= 4 is 23.9 Å². The third-order valence-corrected chi connectivity index (χ3v) is 6.23. The van der Waals surface area contributed by atoms with Gasteiger partial charge in [0.2, 0.25) is 0 Å². The van der Waals surface area contributed by atoms with E-state index in [-0.39, 0.29) is 17.9 Å². The fraction of sp³-hybridized carbons (Fsp3) is 0.375. The molecule has 32 heavy (non-hydrogen) atoms. The zero-order chi connectivity index (χ0) is 22.2. The number of aromatic nitrogens is 2. The van der Waals surface area contributed by atoms with Gasteiger partial charge in [0.25, 0.3) is 11.8 Å². The third kappa shape index (κ3) is 3.66. The predicted octanol–water partition coefficient (Wildman–Crippen LogP) is 2.31. The van der Waals surface area contributed by atoms with Gasteiger partial charge in [-0.05, 0) is 62.4 Å². The lowest BCUT2D eigenvalue weighted by Gasteiger charge is -2.33. The highest BCUT2D eigenvalue weighted by Crippen LogP contribution is 2.38. The number of hydrogen-bond acceptors (Lipinski definition) is 7. The van der Waals surface area contributed by atoms with Crippen LogP contribution in [0.1, 0.15) is 31.2 Å². The second kappa shape index (κ2) is 8.18. The molecule has 0 bridgehead atoms. The van der Waals surface area contributed by atoms with E-state index in [0.29, 0.717) is 36.6 Å². The Balaban J connectivity index is 1.29. The summed E-state index contributed by atoms with van der Waals surface area (Å²) in [6.07, 6.45) is 7.44. The van der Waals surface area contributed by atoms with Crippen LogP contribution in [-0.4, -0.2) is 63.0 Å². The minimum Gasteiger partial charge on any atom is -0.368 e. The van der Waals surface area contributed by atoms with Gasteiger partial charge in [-0.1, -0.05) is 0 Å². The normalized spacial score (nSPS) is 19.3. The summed E-state index contributed by atoms with van der Waals surface area (Å²) in [4.78, 5) is 49.7. The number of nitrogens with zero attached hydrogens (tertiary/aromatic N) is 4. The van der Waals surface area contributed by atoms with Gasteiger partial charge in [-0.25, -0.2) is 4.98 Å². The van der Waals surface area contributed by atoms with E-state index in [2.05, 4.69) is 15.3 Å². The van der Waals surface area contributed by atoms with Crippen molar-refractivity contribution in [2.45, 2.75) is 44.7 Å². The molecule has 1 saturated carbocycles. The number of carbonyl (C=O) groups is 3. The smallest absolute Gasteiger partial charge is 0.277 e. The molecular weight excluding hydrogens is 406 g/mol. The molecule has 164 valence electrons. The van der Waals surface area contributed by atoms with Gasteiger partial charge >= 0.3 is 0 Å². The summed E-state index contributed by atoms with van der Waals surface area (Å²) >= 11 is 0. The van der Waals surface area contributed by atoms with Crippen LogP contribution in [0, 0.1) is 6.92 Å². The third-order valence-electron chi connectivity index (χ3n) is 6.23. The zero-order valence-corrected chi connectivity index (χ0v) is 18.0. The minimum atomic E-state index is -0.559. The molecule has 5 rings (SSSR count). The quantitative estimate of drug-likeness (QED) is 0.531. The van der Waals surface area contributed by atoms with Crippen LogP contribution >= 0.6 is 0 Å². The maximum atomic E-state index is 13.0. The van der Waals surface area contributed by atoms with E-state index < -0.39 is 6.04 Å². The van der Waals surface area contributed by atoms with E-state index in [9.17, 15) is 14.4 Å². The summed E-state index contributed by atoms with van der Waals surface area (Å²) in [6.45, 7) is 2.88. The van der Waals surface area contributed by atoms with Crippen LogP contribution < -0.4 is 5.32 Å². The van der Waals surface area contributed by atoms with Crippen LogP contribution in [0.5, 0.6) is 0 Å². The maximum absolute atomic E-state index is 13.0. The van der Waals surface area contributed by atoms with Crippen molar-refractivity contribution in [1.29, 1.82) is 0 Å². The first-order valence-corrected chi connectivity index (χ1v) is 11.0. The topological polar surface area (TPSA) is 95.5 Å². The van der Waals surface area contributed by atoms with Crippen molar-refractivity contribution in [3.63, 3.8) is 0 Å². The first-order valence-electron chi connectivity index (χ1n) is 11.0. The molecule has 1 unspecified atom stereocenters. The Kier molecular flexibility index (Phi) is 5.20. The zero-order valence-electron chi connectivity index (χ0n) is 18.0. The van der Waals surface area contributed by atoms with Gasteiger partial charge in [0.1, 0.15) is 23.8 Å². The highest BCUT2D eigenvalue weighted by Gasteiger charge is 2.49. The number of aldehydes is 1. The number of imide groups is 1. The van der Waals surface area contributed by atoms with Crippen molar-refractivity contribution in [3.8, 4) is 11.3 Å². The van der Waals surface area contributed by atoms with Crippen molar-refractivity contribution in [3.05, 3.63) is 53.5 Å². The average molecular weight is 431 g/mol. The molecule has 1 aliphatic carbocycles. The fourth-order valence-corrected chi connectivity index (χ4v) is 4.42. The number of carbonyl (C=O) groups excluding carboxylic acids is 3. The molecule has 0 saturated heterocycles. The summed E-state index contributed by atoms with van der Waals surface area (Å²) in [5.74, 6) is 0.219. The summed E-state index contributed by atoms with van der Waals surface area (Å²) in [5, 5.41) is 3.20. The molecule has 3 aliphatic rings. The molecule has 4 heterocycles. The van der Waals surface area contributed by atoms with Crippen molar-refractivity contribution in [2.24, 2.45) is 0 Å². The summed E-state index contributed by atoms with van der Waals surface area (Å²) in [5.41, 5.74) is 3.87. The maximum Gasteiger partial charge on any atom is 0.277 e. The van der Waals surface area contributed by atoms with Crippen LogP contribution in [0.2, 0.25) is 0 Å². The number of nitrogens with one attached hydrogen (secondary N) is 1. The largest absolute Gasteiger partial charge is 0.368 e. The first-order chi connectivity index (χ1) is 15.6. The van der Waals surface area contributed by atoms with Gasteiger partial charge in [-0.15, -0.1) is 0 Å². The molecule has 2 amide bonds. The molecule has 2 aliphatic heterocycles. The molecule has 1 N–H and O–H groups in total. The Morgan fingerprint density at radius 2 is 2.03 bits per heavy atom. The van der Waals surface area contributed by atoms with Crippen LogP contribution in [0.4, 0.5) is 5.82 Å². The molecule has 0 spiro atoms. The SMILES string of the molecule is Cc1ccnc(-c2ccc(NCC(C=O)N3CCCC4=C3C(=O)N(C3CC3)C4=O)nc2)c1. The van der Waals surface area contributed by atoms with E-state index >= 15 is 0 Å². The van der Waals surface area contributed by atoms with Crippen molar-refractivity contribution in [2.75, 3.05) is 18.4 Å². The van der Waals surface area contributed by atoms with E-state index in [4.69, 9.17) is 0 Å². The van der Waals surface area contributed by atoms with E-state index in [1.54, 1.807) is 17.3 Å². The lowest BCUT2D eigenvalue weighted by atomic mass is 10.0. The molecule has 8 heteroatoms. The number of pyridine rings is 2. The van der Waals surface area contributed by atoms with Gasteiger partial charge < -0.3 is 15.0 Å². The molecule has 0 radical (unpaired) electrons. The molecule has 2 aromatic heterocycles. The van der Waals surface area contributed by atoms with E-state index in [1.807, 2.05) is 31.2 Å². The molecule has 8 nitrogen and oxygen atoms in total.